The molecule has 1 aromatic heterocycles. The van der Waals surface area contributed by atoms with Crippen molar-refractivity contribution in [2.45, 2.75) is 76.9 Å². The molecule has 10 heteroatoms. The number of hydrogen-bond acceptors (Lipinski definition) is 5. The van der Waals surface area contributed by atoms with Gasteiger partial charge in [-0.3, -0.25) is 9.36 Å². The van der Waals surface area contributed by atoms with E-state index in [4.69, 9.17) is 4.98 Å². The summed E-state index contributed by atoms with van der Waals surface area (Å²) in [6.45, 7) is 14.2. The smallest absolute Gasteiger partial charge is 0.262 e. The van der Waals surface area contributed by atoms with Crippen molar-refractivity contribution in [3.05, 3.63) is 33.6 Å². The highest BCUT2D eigenvalue weighted by Crippen LogP contribution is 2.31. The number of aromatic nitrogens is 2. The summed E-state index contributed by atoms with van der Waals surface area (Å²) in [5.74, 6) is 0.895. The van der Waals surface area contributed by atoms with Crippen LogP contribution in [0.15, 0.2) is 16.9 Å². The number of piperidine rings is 1. The van der Waals surface area contributed by atoms with E-state index in [9.17, 15) is 18.1 Å². The predicted molar refractivity (Wildman–Crippen MR) is 143 cm³/mol. The fourth-order valence-corrected chi connectivity index (χ4v) is 5.09. The van der Waals surface area contributed by atoms with Crippen LogP contribution in [-0.2, 0) is 18.4 Å². The average molecular weight is 523 g/mol. The van der Waals surface area contributed by atoms with Gasteiger partial charge in [-0.15, -0.1) is 10.3 Å². The van der Waals surface area contributed by atoms with E-state index in [0.717, 1.165) is 0 Å². The Morgan fingerprint density at radius 1 is 1.23 bits per heavy atom. The molecule has 6 nitrogen and oxygen atoms in total. The molecule has 1 aromatic carbocycles. The maximum atomic E-state index is 13.8. The quantitative estimate of drug-likeness (QED) is 0.363. The third-order valence-corrected chi connectivity index (χ3v) is 8.41. The zero-order valence-corrected chi connectivity index (χ0v) is 23.7. The molecule has 2 heterocycles. The number of hydrogen-bond donors (Lipinski definition) is 1. The van der Waals surface area contributed by atoms with Crippen LogP contribution in [0.5, 0.6) is 0 Å². The van der Waals surface area contributed by atoms with Crippen LogP contribution in [0.3, 0.4) is 0 Å². The van der Waals surface area contributed by atoms with Gasteiger partial charge in [-0.1, -0.05) is 25.6 Å². The maximum Gasteiger partial charge on any atom is 0.262 e. The molecule has 0 saturated carbocycles. The Labute approximate surface area is 210 Å². The molecule has 2 unspecified atom stereocenters. The third kappa shape index (κ3) is 6.64. The second-order valence-corrected chi connectivity index (χ2v) is 18.0. The SMILES string of the molecule is CC(N[S+]([O-])C(C)(C)C)c1cc(C#C[Si](C)(C)C)cc2c(=O)n(C)c(N3CCC(F)(F)CC3)nc12. The number of alkyl halides is 2. The Hall–Kier alpha value is -1.93. The largest absolute Gasteiger partial charge is 0.598 e. The highest BCUT2D eigenvalue weighted by atomic mass is 32.2. The van der Waals surface area contributed by atoms with Gasteiger partial charge in [-0.05, 0) is 39.8 Å². The number of anilines is 1. The summed E-state index contributed by atoms with van der Waals surface area (Å²) in [5.41, 5.74) is 4.97. The molecule has 0 aliphatic carbocycles. The number of fused-ring (bicyclic) bond motifs is 1. The molecule has 0 spiro atoms. The summed E-state index contributed by atoms with van der Waals surface area (Å²) in [7, 11) is -0.0449. The number of nitrogens with zero attached hydrogens (tertiary/aromatic N) is 3. The highest BCUT2D eigenvalue weighted by Gasteiger charge is 2.35. The maximum absolute atomic E-state index is 13.8. The summed E-state index contributed by atoms with van der Waals surface area (Å²) in [4.78, 5) is 20.0. The lowest BCUT2D eigenvalue weighted by atomic mass is 10.0. The Kier molecular flexibility index (Phi) is 7.78. The van der Waals surface area contributed by atoms with Gasteiger partial charge in [-0.2, -0.15) is 0 Å². The van der Waals surface area contributed by atoms with Crippen LogP contribution in [0.25, 0.3) is 10.9 Å². The van der Waals surface area contributed by atoms with Crippen LogP contribution < -0.4 is 15.2 Å². The summed E-state index contributed by atoms with van der Waals surface area (Å²) < 4.78 is 44.4. The number of halogens is 2. The first-order valence-corrected chi connectivity index (χ1v) is 16.5. The van der Waals surface area contributed by atoms with E-state index in [0.29, 0.717) is 28.0 Å². The summed E-state index contributed by atoms with van der Waals surface area (Å²) in [5, 5.41) is 0.408. The second kappa shape index (κ2) is 9.85. The Bertz CT molecular complexity index is 1210. The minimum Gasteiger partial charge on any atom is -0.598 e. The lowest BCUT2D eigenvalue weighted by molar-refractivity contribution is -0.0223. The first kappa shape index (κ1) is 27.7. The van der Waals surface area contributed by atoms with Gasteiger partial charge in [0.25, 0.3) is 11.5 Å². The zero-order chi connectivity index (χ0) is 26.3. The van der Waals surface area contributed by atoms with E-state index in [1.165, 1.54) is 4.57 Å². The number of benzene rings is 1. The van der Waals surface area contributed by atoms with Crippen LogP contribution in [0.2, 0.25) is 19.6 Å². The standard InChI is InChI=1S/C25H36F2N4O2SSi/c1-17(29-34(33)24(2,3)4)19-15-18(9-14-35(6,7)8)16-20-21(19)28-23(30(5)22(20)32)31-12-10-25(26,27)11-13-31/h15-17,29H,10-13H2,1-8H3. The Morgan fingerprint density at radius 3 is 2.37 bits per heavy atom. The summed E-state index contributed by atoms with van der Waals surface area (Å²) in [6.07, 6.45) is -0.553. The first-order valence-electron chi connectivity index (χ1n) is 11.9. The van der Waals surface area contributed by atoms with Crippen LogP contribution in [0.1, 0.15) is 57.7 Å². The van der Waals surface area contributed by atoms with Crippen molar-refractivity contribution in [3.63, 3.8) is 0 Å². The van der Waals surface area contributed by atoms with Crippen molar-refractivity contribution in [1.82, 2.24) is 14.3 Å². The van der Waals surface area contributed by atoms with Gasteiger partial charge in [0.2, 0.25) is 5.95 Å². The van der Waals surface area contributed by atoms with Crippen LogP contribution >= 0.6 is 0 Å². The first-order chi connectivity index (χ1) is 16.0. The molecule has 35 heavy (non-hydrogen) atoms. The normalized spacial score (nSPS) is 18.2. The second-order valence-electron chi connectivity index (χ2n) is 11.3. The van der Waals surface area contributed by atoms with E-state index in [2.05, 4.69) is 35.8 Å². The van der Waals surface area contributed by atoms with Gasteiger partial charge in [-0.25, -0.2) is 13.8 Å². The lowest BCUT2D eigenvalue weighted by Gasteiger charge is -2.33. The van der Waals surface area contributed by atoms with Gasteiger partial charge in [0.1, 0.15) is 12.8 Å². The summed E-state index contributed by atoms with van der Waals surface area (Å²) >= 11 is -1.35. The van der Waals surface area contributed by atoms with Gasteiger partial charge in [0, 0.05) is 55.5 Å². The molecule has 2 atom stereocenters. The zero-order valence-electron chi connectivity index (χ0n) is 21.9. The average Bonchev–Trinajstić information content (AvgIpc) is 2.73. The van der Waals surface area contributed by atoms with E-state index < -0.39 is 30.1 Å². The van der Waals surface area contributed by atoms with Crippen molar-refractivity contribution in [3.8, 4) is 11.5 Å². The van der Waals surface area contributed by atoms with Gasteiger partial charge >= 0.3 is 0 Å². The topological polar surface area (TPSA) is 73.2 Å². The van der Waals surface area contributed by atoms with Crippen molar-refractivity contribution in [1.29, 1.82) is 0 Å². The van der Waals surface area contributed by atoms with Crippen LogP contribution in [0.4, 0.5) is 14.7 Å². The molecule has 0 amide bonds. The fraction of sp³-hybridized carbons (Fsp3) is 0.600. The molecule has 2 aromatic rings. The molecule has 0 bridgehead atoms. The minimum absolute atomic E-state index is 0.121. The van der Waals surface area contributed by atoms with E-state index in [1.807, 2.05) is 33.8 Å². The van der Waals surface area contributed by atoms with Crippen molar-refractivity contribution < 1.29 is 13.3 Å². The van der Waals surface area contributed by atoms with E-state index >= 15 is 0 Å². The van der Waals surface area contributed by atoms with Gasteiger partial charge < -0.3 is 9.45 Å². The lowest BCUT2D eigenvalue weighted by Crippen LogP contribution is -2.42. The minimum atomic E-state index is -2.70. The Balaban J connectivity index is 2.19. The van der Waals surface area contributed by atoms with Crippen molar-refractivity contribution in [2.75, 3.05) is 18.0 Å². The molecule has 1 N–H and O–H groups in total. The molecule has 0 radical (unpaired) electrons. The van der Waals surface area contributed by atoms with Gasteiger partial charge in [0.15, 0.2) is 0 Å². The Morgan fingerprint density at radius 2 is 1.83 bits per heavy atom. The van der Waals surface area contributed by atoms with Crippen LogP contribution in [0, 0.1) is 11.5 Å². The highest BCUT2D eigenvalue weighted by molar-refractivity contribution is 7.90. The van der Waals surface area contributed by atoms with Gasteiger partial charge in [0.05, 0.1) is 16.9 Å². The monoisotopic (exact) mass is 522 g/mol. The number of nitrogens with one attached hydrogen (secondary N) is 1. The molecule has 1 fully saturated rings. The third-order valence-electron chi connectivity index (χ3n) is 5.85. The number of rotatable bonds is 4. The summed E-state index contributed by atoms with van der Waals surface area (Å²) in [6, 6.07) is 3.26. The van der Waals surface area contributed by atoms with Crippen molar-refractivity contribution >= 4 is 36.3 Å². The molecule has 1 saturated heterocycles. The molecule has 3 rings (SSSR count). The fourth-order valence-electron chi connectivity index (χ4n) is 3.77. The molecule has 192 valence electrons. The predicted octanol–water partition coefficient (Wildman–Crippen LogP) is 4.51. The van der Waals surface area contributed by atoms with Crippen LogP contribution in [-0.4, -0.2) is 45.9 Å². The van der Waals surface area contributed by atoms with E-state index in [-0.39, 0.29) is 37.5 Å². The van der Waals surface area contributed by atoms with Crippen molar-refractivity contribution in [2.24, 2.45) is 7.05 Å². The van der Waals surface area contributed by atoms with E-state index in [1.54, 1.807) is 18.0 Å². The molecular formula is C25H36F2N4O2SSi. The molecular weight excluding hydrogens is 486 g/mol. The molecule has 1 aliphatic rings. The molecule has 1 aliphatic heterocycles.